The van der Waals surface area contributed by atoms with Crippen LogP contribution >= 0.6 is 23.2 Å². The van der Waals surface area contributed by atoms with Gasteiger partial charge in [-0.2, -0.15) is 0 Å². The summed E-state index contributed by atoms with van der Waals surface area (Å²) in [6.45, 7) is 2.06. The van der Waals surface area contributed by atoms with Crippen molar-refractivity contribution in [1.29, 1.82) is 0 Å². The quantitative estimate of drug-likeness (QED) is 0.902. The van der Waals surface area contributed by atoms with E-state index in [0.717, 1.165) is 0 Å². The summed E-state index contributed by atoms with van der Waals surface area (Å²) in [5, 5.41) is 9.51. The van der Waals surface area contributed by atoms with Gasteiger partial charge in [0.25, 0.3) is 5.91 Å². The number of hydrogen-bond acceptors (Lipinski definition) is 4. The van der Waals surface area contributed by atoms with Crippen LogP contribution in [0.15, 0.2) is 18.2 Å². The minimum absolute atomic E-state index is 0.00879. The molecule has 1 N–H and O–H groups in total. The van der Waals surface area contributed by atoms with Gasteiger partial charge < -0.3 is 19.5 Å². The zero-order chi connectivity index (χ0) is 16.3. The summed E-state index contributed by atoms with van der Waals surface area (Å²) in [7, 11) is 0. The van der Waals surface area contributed by atoms with E-state index >= 15 is 0 Å². The Morgan fingerprint density at radius 2 is 2.18 bits per heavy atom. The number of ether oxygens (including phenoxy) is 2. The molecule has 22 heavy (non-hydrogen) atoms. The first-order valence-corrected chi connectivity index (χ1v) is 7.39. The van der Waals surface area contributed by atoms with E-state index in [1.807, 2.05) is 0 Å². The van der Waals surface area contributed by atoms with Gasteiger partial charge in [-0.25, -0.2) is 4.79 Å². The average molecular weight is 348 g/mol. The lowest BCUT2D eigenvalue weighted by Crippen LogP contribution is -2.51. The van der Waals surface area contributed by atoms with Crippen molar-refractivity contribution in [2.45, 2.75) is 19.1 Å². The van der Waals surface area contributed by atoms with Crippen LogP contribution in [0.1, 0.15) is 6.92 Å². The third-order valence-corrected chi connectivity index (χ3v) is 4.02. The molecular formula is C14H15Cl2NO5. The maximum absolute atomic E-state index is 12.3. The third-order valence-electron chi connectivity index (χ3n) is 3.22. The van der Waals surface area contributed by atoms with Gasteiger partial charge in [-0.3, -0.25) is 4.79 Å². The first-order valence-electron chi connectivity index (χ1n) is 6.64. The number of hydrogen-bond donors (Lipinski definition) is 1. The van der Waals surface area contributed by atoms with E-state index in [9.17, 15) is 9.59 Å². The molecule has 8 heteroatoms. The Labute approximate surface area is 137 Å². The number of rotatable bonds is 4. The fourth-order valence-corrected chi connectivity index (χ4v) is 2.41. The summed E-state index contributed by atoms with van der Waals surface area (Å²) in [5.41, 5.74) is 0. The highest BCUT2D eigenvalue weighted by molar-refractivity contribution is 6.42. The number of carboxylic acid groups (broad SMARTS) is 1. The number of halogens is 2. The van der Waals surface area contributed by atoms with Crippen molar-refractivity contribution in [3.05, 3.63) is 28.2 Å². The fraction of sp³-hybridized carbons (Fsp3) is 0.429. The molecule has 2 rings (SSSR count). The van der Waals surface area contributed by atoms with E-state index < -0.39 is 18.2 Å². The second-order valence-corrected chi connectivity index (χ2v) is 5.58. The Morgan fingerprint density at radius 1 is 1.45 bits per heavy atom. The smallest absolute Gasteiger partial charge is 0.334 e. The summed E-state index contributed by atoms with van der Waals surface area (Å²) in [6, 6.07) is 4.88. The van der Waals surface area contributed by atoms with E-state index in [4.69, 9.17) is 37.8 Å². The second-order valence-electron chi connectivity index (χ2n) is 4.79. The van der Waals surface area contributed by atoms with E-state index in [1.165, 1.54) is 4.90 Å². The number of amides is 1. The molecule has 1 aromatic rings. The van der Waals surface area contributed by atoms with Crippen molar-refractivity contribution < 1.29 is 24.2 Å². The van der Waals surface area contributed by atoms with Gasteiger partial charge >= 0.3 is 5.97 Å². The van der Waals surface area contributed by atoms with Crippen LogP contribution in [0.5, 0.6) is 5.75 Å². The van der Waals surface area contributed by atoms with Crippen LogP contribution in [0.4, 0.5) is 0 Å². The van der Waals surface area contributed by atoms with E-state index in [-0.39, 0.29) is 24.1 Å². The third kappa shape index (κ3) is 3.82. The van der Waals surface area contributed by atoms with Gasteiger partial charge in [0.15, 0.2) is 12.2 Å². The molecule has 0 spiro atoms. The Bertz CT molecular complexity index is 580. The molecule has 6 nitrogen and oxygen atoms in total. The predicted molar refractivity (Wildman–Crippen MR) is 80.5 cm³/mol. The Balaban J connectivity index is 2.02. The molecule has 0 aromatic heterocycles. The molecule has 1 saturated heterocycles. The molecule has 1 amide bonds. The van der Waals surface area contributed by atoms with Gasteiger partial charge in [0, 0.05) is 6.54 Å². The van der Waals surface area contributed by atoms with Gasteiger partial charge in [-0.05, 0) is 19.1 Å². The Kier molecular flexibility index (Phi) is 5.50. The van der Waals surface area contributed by atoms with E-state index in [2.05, 4.69) is 0 Å². The number of carboxylic acids is 1. The molecular weight excluding hydrogens is 333 g/mol. The Hall–Kier alpha value is -1.50. The Morgan fingerprint density at radius 3 is 2.86 bits per heavy atom. The number of aliphatic carboxylic acids is 1. The monoisotopic (exact) mass is 347 g/mol. The van der Waals surface area contributed by atoms with Crippen molar-refractivity contribution in [3.8, 4) is 5.75 Å². The predicted octanol–water partition coefficient (Wildman–Crippen LogP) is 2.07. The normalized spacial score (nSPS) is 19.6. The maximum Gasteiger partial charge on any atom is 0.334 e. The molecule has 0 radical (unpaired) electrons. The zero-order valence-corrected chi connectivity index (χ0v) is 13.3. The highest BCUT2D eigenvalue weighted by Crippen LogP contribution is 2.32. The van der Waals surface area contributed by atoms with E-state index in [1.54, 1.807) is 25.1 Å². The minimum Gasteiger partial charge on any atom is -0.479 e. The van der Waals surface area contributed by atoms with E-state index in [0.29, 0.717) is 17.3 Å². The number of morpholine rings is 1. The minimum atomic E-state index is -1.09. The summed E-state index contributed by atoms with van der Waals surface area (Å²) < 4.78 is 10.6. The van der Waals surface area contributed by atoms with Gasteiger partial charge in [0.1, 0.15) is 10.8 Å². The number of benzene rings is 1. The zero-order valence-electron chi connectivity index (χ0n) is 11.8. The van der Waals surface area contributed by atoms with Gasteiger partial charge in [0.05, 0.1) is 18.2 Å². The summed E-state index contributed by atoms with van der Waals surface area (Å²) >= 11 is 11.9. The van der Waals surface area contributed by atoms with Crippen molar-refractivity contribution in [2.24, 2.45) is 0 Å². The standard InChI is InChI=1S/C14H15Cl2NO5/c1-8(22-10-4-2-3-9(15)12(10)16)13(18)17-5-6-21-11(7-17)14(19)20/h2-4,8,11H,5-7H2,1H3,(H,19,20)/t8-,11+/m1/s1. The van der Waals surface area contributed by atoms with Crippen molar-refractivity contribution in [1.82, 2.24) is 4.90 Å². The van der Waals surface area contributed by atoms with Gasteiger partial charge in [-0.15, -0.1) is 0 Å². The van der Waals surface area contributed by atoms with Crippen molar-refractivity contribution in [2.75, 3.05) is 19.7 Å². The molecule has 120 valence electrons. The van der Waals surface area contributed by atoms with Crippen LogP contribution in [0.2, 0.25) is 10.0 Å². The lowest BCUT2D eigenvalue weighted by Gasteiger charge is -2.32. The molecule has 1 aliphatic heterocycles. The highest BCUT2D eigenvalue weighted by Gasteiger charge is 2.31. The summed E-state index contributed by atoms with van der Waals surface area (Å²) in [6.07, 6.45) is -1.83. The van der Waals surface area contributed by atoms with Crippen LogP contribution in [-0.4, -0.2) is 53.8 Å². The maximum atomic E-state index is 12.3. The number of nitrogens with zero attached hydrogens (tertiary/aromatic N) is 1. The average Bonchev–Trinajstić information content (AvgIpc) is 2.51. The van der Waals surface area contributed by atoms with Crippen LogP contribution in [0, 0.1) is 0 Å². The molecule has 0 unspecified atom stereocenters. The number of carbonyl (C=O) groups excluding carboxylic acids is 1. The molecule has 2 atom stereocenters. The van der Waals surface area contributed by atoms with Crippen LogP contribution < -0.4 is 4.74 Å². The molecule has 0 bridgehead atoms. The first kappa shape index (κ1) is 16.9. The number of carbonyl (C=O) groups is 2. The summed E-state index contributed by atoms with van der Waals surface area (Å²) in [5.74, 6) is -1.12. The van der Waals surface area contributed by atoms with Crippen LogP contribution in [-0.2, 0) is 14.3 Å². The summed E-state index contributed by atoms with van der Waals surface area (Å²) in [4.78, 5) is 24.7. The largest absolute Gasteiger partial charge is 0.479 e. The van der Waals surface area contributed by atoms with Crippen LogP contribution in [0.3, 0.4) is 0 Å². The van der Waals surface area contributed by atoms with Gasteiger partial charge in [-0.1, -0.05) is 29.3 Å². The lowest BCUT2D eigenvalue weighted by molar-refractivity contribution is -0.161. The molecule has 0 aliphatic carbocycles. The molecule has 1 heterocycles. The second kappa shape index (κ2) is 7.17. The highest BCUT2D eigenvalue weighted by atomic mass is 35.5. The SMILES string of the molecule is C[C@@H](Oc1cccc(Cl)c1Cl)C(=O)N1CCO[C@H](C(=O)O)C1. The van der Waals surface area contributed by atoms with Crippen molar-refractivity contribution >= 4 is 35.1 Å². The van der Waals surface area contributed by atoms with Crippen molar-refractivity contribution in [3.63, 3.8) is 0 Å². The van der Waals surface area contributed by atoms with Crippen LogP contribution in [0.25, 0.3) is 0 Å². The topological polar surface area (TPSA) is 76.1 Å². The molecule has 1 fully saturated rings. The van der Waals surface area contributed by atoms with Gasteiger partial charge in [0.2, 0.25) is 0 Å². The lowest BCUT2D eigenvalue weighted by atomic mass is 10.2. The first-order chi connectivity index (χ1) is 10.4. The molecule has 1 aromatic carbocycles. The molecule has 0 saturated carbocycles. The molecule has 1 aliphatic rings. The fourth-order valence-electron chi connectivity index (χ4n) is 2.07.